The second-order valence-corrected chi connectivity index (χ2v) is 6.98. The van der Waals surface area contributed by atoms with Gasteiger partial charge in [0.1, 0.15) is 5.75 Å². The number of likely N-dealkylation sites (tertiary alicyclic amines) is 1. The van der Waals surface area contributed by atoms with Gasteiger partial charge in [0.2, 0.25) is 5.91 Å². The summed E-state index contributed by atoms with van der Waals surface area (Å²) in [6, 6.07) is 18.6. The van der Waals surface area contributed by atoms with Crippen molar-refractivity contribution in [2.75, 3.05) is 13.7 Å². The number of benzene rings is 2. The molecule has 0 unspecified atom stereocenters. The Morgan fingerprint density at radius 1 is 1.12 bits per heavy atom. The van der Waals surface area contributed by atoms with E-state index in [-0.39, 0.29) is 11.9 Å². The summed E-state index contributed by atoms with van der Waals surface area (Å²) in [4.78, 5) is 14.9. The van der Waals surface area contributed by atoms with Crippen LogP contribution in [-0.2, 0) is 17.6 Å². The summed E-state index contributed by atoms with van der Waals surface area (Å²) < 4.78 is 5.19. The van der Waals surface area contributed by atoms with Gasteiger partial charge in [0.25, 0.3) is 0 Å². The van der Waals surface area contributed by atoms with Crippen molar-refractivity contribution in [3.05, 3.63) is 77.9 Å². The molecule has 136 valence electrons. The van der Waals surface area contributed by atoms with E-state index in [4.69, 9.17) is 4.74 Å². The maximum atomic E-state index is 12.9. The Bertz CT molecular complexity index is 737. The van der Waals surface area contributed by atoms with Crippen LogP contribution >= 0.6 is 0 Å². The molecule has 1 saturated heterocycles. The van der Waals surface area contributed by atoms with E-state index >= 15 is 0 Å². The first-order valence-corrected chi connectivity index (χ1v) is 9.28. The molecule has 0 radical (unpaired) electrons. The second kappa shape index (κ2) is 8.70. The van der Waals surface area contributed by atoms with Crippen molar-refractivity contribution >= 4 is 5.91 Å². The third-order valence-electron chi connectivity index (χ3n) is 5.09. The van der Waals surface area contributed by atoms with E-state index in [0.29, 0.717) is 6.42 Å². The quantitative estimate of drug-likeness (QED) is 0.723. The van der Waals surface area contributed by atoms with Gasteiger partial charge < -0.3 is 9.64 Å². The zero-order valence-corrected chi connectivity index (χ0v) is 15.5. The van der Waals surface area contributed by atoms with Crippen molar-refractivity contribution in [2.45, 2.75) is 38.1 Å². The largest absolute Gasteiger partial charge is 0.497 e. The molecule has 0 aromatic heterocycles. The van der Waals surface area contributed by atoms with Gasteiger partial charge in [-0.25, -0.2) is 0 Å². The highest BCUT2D eigenvalue weighted by Gasteiger charge is 2.27. The lowest BCUT2D eigenvalue weighted by Gasteiger charge is -2.37. The number of amides is 1. The summed E-state index contributed by atoms with van der Waals surface area (Å²) in [5.74, 6) is 1.09. The molecular formula is C23H27NO2. The summed E-state index contributed by atoms with van der Waals surface area (Å²) in [5, 5.41) is 0. The molecule has 0 bridgehead atoms. The number of methoxy groups -OCH3 is 1. The number of piperidine rings is 1. The van der Waals surface area contributed by atoms with Crippen molar-refractivity contribution in [2.24, 2.45) is 0 Å². The minimum atomic E-state index is 0.224. The third-order valence-corrected chi connectivity index (χ3v) is 5.09. The minimum absolute atomic E-state index is 0.224. The Hall–Kier alpha value is -2.55. The summed E-state index contributed by atoms with van der Waals surface area (Å²) in [6.45, 7) is 4.95. The zero-order chi connectivity index (χ0) is 18.4. The monoisotopic (exact) mass is 349 g/mol. The number of nitrogens with zero attached hydrogens (tertiary/aromatic N) is 1. The van der Waals surface area contributed by atoms with Crippen molar-refractivity contribution in [3.63, 3.8) is 0 Å². The fraction of sp³-hybridized carbons (Fsp3) is 0.348. The first-order chi connectivity index (χ1) is 12.7. The average Bonchev–Trinajstić information content (AvgIpc) is 2.67. The highest BCUT2D eigenvalue weighted by atomic mass is 16.5. The molecule has 1 amide bonds. The molecule has 3 nitrogen and oxygen atoms in total. The molecule has 3 rings (SSSR count). The fourth-order valence-electron chi connectivity index (χ4n) is 3.59. The van der Waals surface area contributed by atoms with Crippen LogP contribution in [0, 0.1) is 0 Å². The number of carbonyl (C=O) groups excluding carboxylic acids is 1. The molecule has 3 heteroatoms. The van der Waals surface area contributed by atoms with Gasteiger partial charge in [-0.1, -0.05) is 54.6 Å². The van der Waals surface area contributed by atoms with Crippen molar-refractivity contribution in [3.8, 4) is 5.75 Å². The van der Waals surface area contributed by atoms with E-state index in [2.05, 4.69) is 35.7 Å². The van der Waals surface area contributed by atoms with Crippen LogP contribution in [0.2, 0.25) is 0 Å². The Kier molecular flexibility index (Phi) is 6.11. The van der Waals surface area contributed by atoms with Crippen molar-refractivity contribution in [1.29, 1.82) is 0 Å². The van der Waals surface area contributed by atoms with Gasteiger partial charge in [0.05, 0.1) is 7.11 Å². The first-order valence-electron chi connectivity index (χ1n) is 9.28. The van der Waals surface area contributed by atoms with Gasteiger partial charge in [0, 0.05) is 19.0 Å². The summed E-state index contributed by atoms with van der Waals surface area (Å²) >= 11 is 0. The Morgan fingerprint density at radius 3 is 2.54 bits per heavy atom. The molecule has 1 heterocycles. The van der Waals surface area contributed by atoms with E-state index in [0.717, 1.165) is 38.0 Å². The highest BCUT2D eigenvalue weighted by Crippen LogP contribution is 2.25. The standard InChI is InChI=1S/C23H27NO2/c1-18-14-15-24(21(16-18)17-20-6-4-3-5-7-20)23(25)13-10-19-8-11-22(26-2)12-9-19/h3-9,11-12,21H,1,10,13-17H2,2H3/t21-/m0/s1. The fourth-order valence-corrected chi connectivity index (χ4v) is 3.59. The van der Waals surface area contributed by atoms with Crippen LogP contribution in [0.25, 0.3) is 0 Å². The molecule has 2 aromatic rings. The van der Waals surface area contributed by atoms with Gasteiger partial charge >= 0.3 is 0 Å². The Morgan fingerprint density at radius 2 is 1.85 bits per heavy atom. The lowest BCUT2D eigenvalue weighted by molar-refractivity contribution is -0.134. The van der Waals surface area contributed by atoms with E-state index in [1.165, 1.54) is 16.7 Å². The van der Waals surface area contributed by atoms with Crippen LogP contribution in [0.1, 0.15) is 30.4 Å². The lowest BCUT2D eigenvalue weighted by atomic mass is 9.92. The molecule has 26 heavy (non-hydrogen) atoms. The molecule has 0 spiro atoms. The molecule has 1 atom stereocenters. The van der Waals surface area contributed by atoms with Gasteiger partial charge in [-0.15, -0.1) is 0 Å². The number of carbonyl (C=O) groups is 1. The number of hydrogen-bond acceptors (Lipinski definition) is 2. The predicted octanol–water partition coefficient (Wildman–Crippen LogP) is 4.42. The first kappa shape index (κ1) is 18.2. The molecule has 1 aliphatic rings. The molecule has 1 fully saturated rings. The molecule has 0 aliphatic carbocycles. The zero-order valence-electron chi connectivity index (χ0n) is 15.5. The van der Waals surface area contributed by atoms with Crippen molar-refractivity contribution in [1.82, 2.24) is 4.90 Å². The topological polar surface area (TPSA) is 29.5 Å². The summed E-state index contributed by atoms with van der Waals surface area (Å²) in [7, 11) is 1.66. The van der Waals surface area contributed by atoms with Gasteiger partial charge in [-0.05, 0) is 48.9 Å². The molecule has 2 aromatic carbocycles. The summed E-state index contributed by atoms with van der Waals surface area (Å²) in [5.41, 5.74) is 3.70. The van der Waals surface area contributed by atoms with Crippen LogP contribution in [-0.4, -0.2) is 30.5 Å². The smallest absolute Gasteiger partial charge is 0.223 e. The molecule has 0 N–H and O–H groups in total. The van der Waals surface area contributed by atoms with Crippen LogP contribution in [0.3, 0.4) is 0 Å². The van der Waals surface area contributed by atoms with Crippen LogP contribution in [0.4, 0.5) is 0 Å². The number of aryl methyl sites for hydroxylation is 1. The van der Waals surface area contributed by atoms with Crippen molar-refractivity contribution < 1.29 is 9.53 Å². The Labute approximate surface area is 156 Å². The van der Waals surface area contributed by atoms with Gasteiger partial charge in [0.15, 0.2) is 0 Å². The van der Waals surface area contributed by atoms with E-state index in [9.17, 15) is 4.79 Å². The number of rotatable bonds is 6. The SMILES string of the molecule is C=C1CCN(C(=O)CCc2ccc(OC)cc2)[C@H](Cc2ccccc2)C1. The number of ether oxygens (including phenoxy) is 1. The van der Waals surface area contributed by atoms with Gasteiger partial charge in [-0.3, -0.25) is 4.79 Å². The molecule has 0 saturated carbocycles. The van der Waals surface area contributed by atoms with E-state index < -0.39 is 0 Å². The maximum Gasteiger partial charge on any atom is 0.223 e. The van der Waals surface area contributed by atoms with Crippen LogP contribution in [0.5, 0.6) is 5.75 Å². The minimum Gasteiger partial charge on any atom is -0.497 e. The van der Waals surface area contributed by atoms with Crippen LogP contribution < -0.4 is 4.74 Å². The van der Waals surface area contributed by atoms with Crippen LogP contribution in [0.15, 0.2) is 66.7 Å². The second-order valence-electron chi connectivity index (χ2n) is 6.98. The molecular weight excluding hydrogens is 322 g/mol. The third kappa shape index (κ3) is 4.75. The number of hydrogen-bond donors (Lipinski definition) is 0. The van der Waals surface area contributed by atoms with E-state index in [1.54, 1.807) is 7.11 Å². The van der Waals surface area contributed by atoms with Gasteiger partial charge in [-0.2, -0.15) is 0 Å². The lowest BCUT2D eigenvalue weighted by Crippen LogP contribution is -2.45. The molecule has 1 aliphatic heterocycles. The Balaban J connectivity index is 1.62. The average molecular weight is 349 g/mol. The van der Waals surface area contributed by atoms with E-state index in [1.807, 2.05) is 30.3 Å². The maximum absolute atomic E-state index is 12.9. The summed E-state index contributed by atoms with van der Waals surface area (Å²) in [6.07, 6.45) is 4.03. The highest BCUT2D eigenvalue weighted by molar-refractivity contribution is 5.77. The predicted molar refractivity (Wildman–Crippen MR) is 105 cm³/mol. The normalized spacial score (nSPS) is 17.2.